The molecule has 152 valence electrons. The van der Waals surface area contributed by atoms with Gasteiger partial charge in [0, 0.05) is 13.1 Å². The summed E-state index contributed by atoms with van der Waals surface area (Å²) in [6.07, 6.45) is 1.72. The smallest absolute Gasteiger partial charge is 0.262 e. The predicted molar refractivity (Wildman–Crippen MR) is 119 cm³/mol. The van der Waals surface area contributed by atoms with Crippen molar-refractivity contribution in [3.05, 3.63) is 70.5 Å². The number of aromatic nitrogens is 2. The number of thioether (sulfide) groups is 1. The standard InChI is InChI=1S/C23H27N3O2S/c1-17(2)15-24-21(27)16-29-23-25-20-13-7-6-12-19(20)22(28)26(23)14-8-11-18-9-4-3-5-10-18/h3-7,9-10,12-13,17H,8,11,14-16H2,1-2H3,(H,24,27). The van der Waals surface area contributed by atoms with Crippen molar-refractivity contribution in [1.82, 2.24) is 14.9 Å². The van der Waals surface area contributed by atoms with Crippen LogP contribution in [0.15, 0.2) is 64.5 Å². The van der Waals surface area contributed by atoms with E-state index in [0.717, 1.165) is 12.8 Å². The monoisotopic (exact) mass is 409 g/mol. The van der Waals surface area contributed by atoms with Crippen molar-refractivity contribution in [2.45, 2.75) is 38.4 Å². The van der Waals surface area contributed by atoms with Gasteiger partial charge in [-0.1, -0.05) is 68.1 Å². The molecular weight excluding hydrogens is 382 g/mol. The molecule has 0 bridgehead atoms. The highest BCUT2D eigenvalue weighted by Gasteiger charge is 2.13. The van der Waals surface area contributed by atoms with Gasteiger partial charge in [-0.3, -0.25) is 14.2 Å². The number of hydrogen-bond acceptors (Lipinski definition) is 4. The van der Waals surface area contributed by atoms with Gasteiger partial charge >= 0.3 is 0 Å². The van der Waals surface area contributed by atoms with Crippen LogP contribution in [0.3, 0.4) is 0 Å². The quantitative estimate of drug-likeness (QED) is 0.430. The van der Waals surface area contributed by atoms with E-state index in [1.54, 1.807) is 4.57 Å². The molecule has 0 saturated heterocycles. The van der Waals surface area contributed by atoms with E-state index < -0.39 is 0 Å². The van der Waals surface area contributed by atoms with Gasteiger partial charge in [0.25, 0.3) is 5.56 Å². The van der Waals surface area contributed by atoms with Crippen LogP contribution in [-0.2, 0) is 17.8 Å². The summed E-state index contributed by atoms with van der Waals surface area (Å²) in [6, 6.07) is 17.6. The number of hydrogen-bond donors (Lipinski definition) is 1. The van der Waals surface area contributed by atoms with Crippen LogP contribution in [-0.4, -0.2) is 27.8 Å². The summed E-state index contributed by atoms with van der Waals surface area (Å²) in [5.41, 5.74) is 1.87. The summed E-state index contributed by atoms with van der Waals surface area (Å²) in [7, 11) is 0. The summed E-state index contributed by atoms with van der Waals surface area (Å²) in [5.74, 6) is 0.608. The molecule has 0 spiro atoms. The largest absolute Gasteiger partial charge is 0.355 e. The van der Waals surface area contributed by atoms with Crippen molar-refractivity contribution in [2.24, 2.45) is 5.92 Å². The fourth-order valence-electron chi connectivity index (χ4n) is 3.04. The van der Waals surface area contributed by atoms with E-state index in [4.69, 9.17) is 0 Å². The van der Waals surface area contributed by atoms with Gasteiger partial charge in [-0.2, -0.15) is 0 Å². The van der Waals surface area contributed by atoms with E-state index in [1.807, 2.05) is 42.5 Å². The van der Waals surface area contributed by atoms with Gasteiger partial charge in [0.2, 0.25) is 5.91 Å². The number of amides is 1. The minimum Gasteiger partial charge on any atom is -0.355 e. The number of aryl methyl sites for hydroxylation is 1. The van der Waals surface area contributed by atoms with Crippen LogP contribution in [0.5, 0.6) is 0 Å². The number of carbonyl (C=O) groups excluding carboxylic acids is 1. The Balaban J connectivity index is 1.77. The molecule has 2 aromatic carbocycles. The third-order valence-corrected chi connectivity index (χ3v) is 5.53. The Labute approximate surface area is 175 Å². The van der Waals surface area contributed by atoms with Gasteiger partial charge in [-0.25, -0.2) is 4.98 Å². The normalized spacial score (nSPS) is 11.1. The Morgan fingerprint density at radius 2 is 1.83 bits per heavy atom. The molecular formula is C23H27N3O2S. The van der Waals surface area contributed by atoms with Crippen molar-refractivity contribution in [3.63, 3.8) is 0 Å². The van der Waals surface area contributed by atoms with E-state index in [2.05, 4.69) is 36.3 Å². The highest BCUT2D eigenvalue weighted by atomic mass is 32.2. The van der Waals surface area contributed by atoms with Crippen LogP contribution in [0.25, 0.3) is 10.9 Å². The predicted octanol–water partition coefficient (Wildman–Crippen LogP) is 3.89. The molecule has 0 aliphatic heterocycles. The molecule has 1 amide bonds. The number of benzene rings is 2. The van der Waals surface area contributed by atoms with Gasteiger partial charge < -0.3 is 5.32 Å². The van der Waals surface area contributed by atoms with Crippen molar-refractivity contribution in [3.8, 4) is 0 Å². The van der Waals surface area contributed by atoms with Crippen LogP contribution >= 0.6 is 11.8 Å². The number of nitrogens with zero attached hydrogens (tertiary/aromatic N) is 2. The molecule has 1 aromatic heterocycles. The Morgan fingerprint density at radius 1 is 1.10 bits per heavy atom. The summed E-state index contributed by atoms with van der Waals surface area (Å²) < 4.78 is 1.71. The van der Waals surface area contributed by atoms with Crippen LogP contribution in [0.2, 0.25) is 0 Å². The lowest BCUT2D eigenvalue weighted by Gasteiger charge is -2.13. The molecule has 0 fully saturated rings. The third-order valence-electron chi connectivity index (χ3n) is 4.56. The molecule has 1 heterocycles. The van der Waals surface area contributed by atoms with Gasteiger partial charge in [0.15, 0.2) is 5.16 Å². The highest BCUT2D eigenvalue weighted by Crippen LogP contribution is 2.18. The number of rotatable bonds is 9. The molecule has 3 rings (SSSR count). The Hall–Kier alpha value is -2.60. The zero-order chi connectivity index (χ0) is 20.6. The molecule has 6 heteroatoms. The van der Waals surface area contributed by atoms with E-state index in [0.29, 0.717) is 35.1 Å². The summed E-state index contributed by atoms with van der Waals surface area (Å²) in [4.78, 5) is 29.9. The fourth-order valence-corrected chi connectivity index (χ4v) is 3.90. The zero-order valence-electron chi connectivity index (χ0n) is 16.9. The van der Waals surface area contributed by atoms with Crippen LogP contribution < -0.4 is 10.9 Å². The average Bonchev–Trinajstić information content (AvgIpc) is 2.73. The highest BCUT2D eigenvalue weighted by molar-refractivity contribution is 7.99. The molecule has 0 saturated carbocycles. The van der Waals surface area contributed by atoms with Gasteiger partial charge in [-0.15, -0.1) is 0 Å². The molecule has 0 aliphatic rings. The molecule has 3 aromatic rings. The summed E-state index contributed by atoms with van der Waals surface area (Å²) in [6.45, 7) is 5.33. The topological polar surface area (TPSA) is 64.0 Å². The molecule has 5 nitrogen and oxygen atoms in total. The van der Waals surface area contributed by atoms with Gasteiger partial charge in [-0.05, 0) is 36.5 Å². The lowest BCUT2D eigenvalue weighted by molar-refractivity contribution is -0.118. The van der Waals surface area contributed by atoms with Crippen LogP contribution in [0.4, 0.5) is 0 Å². The zero-order valence-corrected chi connectivity index (χ0v) is 17.7. The average molecular weight is 410 g/mol. The Bertz CT molecular complexity index is 1020. The second-order valence-corrected chi connectivity index (χ2v) is 8.39. The maximum atomic E-state index is 13.1. The maximum absolute atomic E-state index is 13.1. The number of para-hydroxylation sites is 1. The van der Waals surface area contributed by atoms with E-state index in [-0.39, 0.29) is 17.2 Å². The van der Waals surface area contributed by atoms with Crippen LogP contribution in [0, 0.1) is 5.92 Å². The first-order valence-corrected chi connectivity index (χ1v) is 11.0. The minimum absolute atomic E-state index is 0.0399. The van der Waals surface area contributed by atoms with Crippen molar-refractivity contribution < 1.29 is 4.79 Å². The first kappa shape index (κ1) is 21.1. The first-order valence-electron chi connectivity index (χ1n) is 9.97. The number of fused-ring (bicyclic) bond motifs is 1. The van der Waals surface area contributed by atoms with E-state index in [9.17, 15) is 9.59 Å². The fraction of sp³-hybridized carbons (Fsp3) is 0.348. The second-order valence-electron chi connectivity index (χ2n) is 7.44. The Kier molecular flexibility index (Phi) is 7.47. The molecule has 0 radical (unpaired) electrons. The molecule has 0 unspecified atom stereocenters. The molecule has 29 heavy (non-hydrogen) atoms. The number of carbonyl (C=O) groups is 1. The lowest BCUT2D eigenvalue weighted by Crippen LogP contribution is -2.29. The number of nitrogens with one attached hydrogen (secondary N) is 1. The van der Waals surface area contributed by atoms with E-state index in [1.165, 1.54) is 17.3 Å². The molecule has 0 atom stereocenters. The van der Waals surface area contributed by atoms with Crippen molar-refractivity contribution >= 4 is 28.6 Å². The van der Waals surface area contributed by atoms with Crippen molar-refractivity contribution in [2.75, 3.05) is 12.3 Å². The minimum atomic E-state index is -0.0475. The van der Waals surface area contributed by atoms with Crippen LogP contribution in [0.1, 0.15) is 25.8 Å². The first-order chi connectivity index (χ1) is 14.0. The second kappa shape index (κ2) is 10.3. The Morgan fingerprint density at radius 3 is 2.59 bits per heavy atom. The molecule has 0 aliphatic carbocycles. The van der Waals surface area contributed by atoms with E-state index >= 15 is 0 Å². The SMILES string of the molecule is CC(C)CNC(=O)CSc1nc2ccccc2c(=O)n1CCCc1ccccc1. The third kappa shape index (κ3) is 5.94. The maximum Gasteiger partial charge on any atom is 0.262 e. The lowest BCUT2D eigenvalue weighted by atomic mass is 10.1. The summed E-state index contributed by atoms with van der Waals surface area (Å²) >= 11 is 1.32. The van der Waals surface area contributed by atoms with Gasteiger partial charge in [0.05, 0.1) is 16.7 Å². The van der Waals surface area contributed by atoms with Gasteiger partial charge in [0.1, 0.15) is 0 Å². The van der Waals surface area contributed by atoms with Crippen molar-refractivity contribution in [1.29, 1.82) is 0 Å². The summed E-state index contributed by atoms with van der Waals surface area (Å²) in [5, 5.41) is 4.12. The molecule has 1 N–H and O–H groups in total.